The minimum Gasteiger partial charge on any atom is -0.468 e. The first-order valence-electron chi connectivity index (χ1n) is 4.97. The summed E-state index contributed by atoms with van der Waals surface area (Å²) in [6.07, 6.45) is 4.20. The second-order valence-electron chi connectivity index (χ2n) is 3.75. The molecule has 1 heterocycles. The molecular formula is C10H16BrN3O2. The van der Waals surface area contributed by atoms with Gasteiger partial charge in [-0.25, -0.2) is 0 Å². The number of ether oxygens (including phenoxy) is 1. The molecule has 5 nitrogen and oxygen atoms in total. The molecule has 0 fully saturated rings. The van der Waals surface area contributed by atoms with Crippen molar-refractivity contribution in [3.05, 3.63) is 16.9 Å². The van der Waals surface area contributed by atoms with Crippen LogP contribution in [0.4, 0.5) is 0 Å². The van der Waals surface area contributed by atoms with Crippen molar-refractivity contribution in [2.75, 3.05) is 14.2 Å². The van der Waals surface area contributed by atoms with Crippen molar-refractivity contribution in [3.8, 4) is 0 Å². The number of hydrogen-bond acceptors (Lipinski definition) is 4. The molecule has 0 aliphatic carbocycles. The Morgan fingerprint density at radius 3 is 2.88 bits per heavy atom. The number of methoxy groups -OCH3 is 1. The minimum absolute atomic E-state index is 0.263. The molecule has 0 aliphatic rings. The van der Waals surface area contributed by atoms with E-state index in [-0.39, 0.29) is 5.97 Å². The number of likely N-dealkylation sites (N-methyl/N-ethyl adjacent to an activating group) is 1. The van der Waals surface area contributed by atoms with Gasteiger partial charge in [0.05, 0.1) is 17.8 Å². The van der Waals surface area contributed by atoms with Crippen LogP contribution in [0.15, 0.2) is 16.9 Å². The van der Waals surface area contributed by atoms with Crippen LogP contribution in [0, 0.1) is 0 Å². The number of nitrogens with one attached hydrogen (secondary N) is 1. The molecule has 0 spiro atoms. The fourth-order valence-corrected chi connectivity index (χ4v) is 1.68. The van der Waals surface area contributed by atoms with Gasteiger partial charge in [-0.3, -0.25) is 9.48 Å². The number of rotatable bonds is 5. The molecule has 1 rings (SSSR count). The molecule has 0 bridgehead atoms. The zero-order valence-corrected chi connectivity index (χ0v) is 11.2. The maximum absolute atomic E-state index is 11.6. The zero-order valence-electron chi connectivity index (χ0n) is 9.66. The summed E-state index contributed by atoms with van der Waals surface area (Å²) in [5, 5.41) is 7.11. The highest BCUT2D eigenvalue weighted by atomic mass is 79.9. The number of aryl methyl sites for hydroxylation is 1. The van der Waals surface area contributed by atoms with Crippen LogP contribution in [0.2, 0.25) is 0 Å². The van der Waals surface area contributed by atoms with Crippen molar-refractivity contribution >= 4 is 21.9 Å². The maximum atomic E-state index is 11.6. The molecule has 0 aliphatic heterocycles. The molecule has 1 aromatic heterocycles. The van der Waals surface area contributed by atoms with Crippen molar-refractivity contribution < 1.29 is 9.53 Å². The highest BCUT2D eigenvalue weighted by molar-refractivity contribution is 9.10. The van der Waals surface area contributed by atoms with Crippen molar-refractivity contribution in [1.82, 2.24) is 15.1 Å². The first-order valence-corrected chi connectivity index (χ1v) is 5.76. The van der Waals surface area contributed by atoms with E-state index in [2.05, 4.69) is 26.3 Å². The second kappa shape index (κ2) is 5.45. The molecule has 0 saturated heterocycles. The van der Waals surface area contributed by atoms with Crippen LogP contribution >= 0.6 is 15.9 Å². The zero-order chi connectivity index (χ0) is 12.2. The molecular weight excluding hydrogens is 274 g/mol. The second-order valence-corrected chi connectivity index (χ2v) is 4.66. The van der Waals surface area contributed by atoms with Crippen LogP contribution < -0.4 is 5.32 Å². The minimum atomic E-state index is -0.673. The molecule has 1 N–H and O–H groups in total. The lowest BCUT2D eigenvalue weighted by atomic mass is 9.98. The van der Waals surface area contributed by atoms with Gasteiger partial charge in [0.15, 0.2) is 0 Å². The Balaban J connectivity index is 2.61. The molecule has 0 amide bonds. The number of esters is 1. The predicted molar refractivity (Wildman–Crippen MR) is 64.0 cm³/mol. The molecule has 6 heteroatoms. The van der Waals surface area contributed by atoms with E-state index >= 15 is 0 Å². The van der Waals surface area contributed by atoms with Gasteiger partial charge < -0.3 is 10.1 Å². The summed E-state index contributed by atoms with van der Waals surface area (Å²) in [5.74, 6) is -0.263. The van der Waals surface area contributed by atoms with Gasteiger partial charge in [0.25, 0.3) is 0 Å². The van der Waals surface area contributed by atoms with Crippen LogP contribution in [-0.2, 0) is 16.1 Å². The summed E-state index contributed by atoms with van der Waals surface area (Å²) in [6, 6.07) is 0. The van der Waals surface area contributed by atoms with Crippen molar-refractivity contribution in [1.29, 1.82) is 0 Å². The molecule has 1 aromatic rings. The van der Waals surface area contributed by atoms with Gasteiger partial charge in [-0.05, 0) is 36.3 Å². The lowest BCUT2D eigenvalue weighted by molar-refractivity contribution is -0.148. The summed E-state index contributed by atoms with van der Waals surface area (Å²) in [4.78, 5) is 11.6. The Bertz CT molecular complexity index is 367. The average Bonchev–Trinajstić information content (AvgIpc) is 2.71. The quantitative estimate of drug-likeness (QED) is 0.828. The molecule has 0 aromatic carbocycles. The molecule has 1 unspecified atom stereocenters. The van der Waals surface area contributed by atoms with Crippen molar-refractivity contribution in [2.24, 2.45) is 0 Å². The summed E-state index contributed by atoms with van der Waals surface area (Å²) >= 11 is 3.32. The number of halogens is 1. The Labute approximate surface area is 103 Å². The largest absolute Gasteiger partial charge is 0.468 e. The van der Waals surface area contributed by atoms with E-state index < -0.39 is 5.54 Å². The summed E-state index contributed by atoms with van der Waals surface area (Å²) in [5.41, 5.74) is -0.673. The smallest absolute Gasteiger partial charge is 0.325 e. The van der Waals surface area contributed by atoms with E-state index in [9.17, 15) is 4.79 Å². The van der Waals surface area contributed by atoms with E-state index in [1.165, 1.54) is 7.11 Å². The van der Waals surface area contributed by atoms with Gasteiger partial charge in [0.1, 0.15) is 5.54 Å². The third-order valence-corrected chi connectivity index (χ3v) is 3.04. The van der Waals surface area contributed by atoms with Crippen molar-refractivity contribution in [3.63, 3.8) is 0 Å². The van der Waals surface area contributed by atoms with E-state index in [1.807, 2.05) is 13.1 Å². The van der Waals surface area contributed by atoms with E-state index in [0.29, 0.717) is 13.0 Å². The SMILES string of the molecule is CNC(C)(CCn1cc(Br)cn1)C(=O)OC. The maximum Gasteiger partial charge on any atom is 0.325 e. The Morgan fingerprint density at radius 2 is 2.44 bits per heavy atom. The summed E-state index contributed by atoms with van der Waals surface area (Å²) in [7, 11) is 3.14. The van der Waals surface area contributed by atoms with E-state index in [1.54, 1.807) is 17.9 Å². The Hall–Kier alpha value is -0.880. The Kier molecular flexibility index (Phi) is 4.49. The van der Waals surface area contributed by atoms with Crippen LogP contribution in [-0.4, -0.2) is 35.4 Å². The van der Waals surface area contributed by atoms with Gasteiger partial charge in [-0.15, -0.1) is 0 Å². The lowest BCUT2D eigenvalue weighted by Gasteiger charge is -2.25. The van der Waals surface area contributed by atoms with Gasteiger partial charge in [-0.1, -0.05) is 0 Å². The average molecular weight is 290 g/mol. The molecule has 90 valence electrons. The van der Waals surface area contributed by atoms with Gasteiger partial charge in [-0.2, -0.15) is 5.10 Å². The molecule has 16 heavy (non-hydrogen) atoms. The fraction of sp³-hybridized carbons (Fsp3) is 0.600. The third kappa shape index (κ3) is 3.05. The predicted octanol–water partition coefficient (Wildman–Crippen LogP) is 1.19. The molecule has 0 saturated carbocycles. The number of hydrogen-bond donors (Lipinski definition) is 1. The molecule has 1 atom stereocenters. The standard InChI is InChI=1S/C10H16BrN3O2/c1-10(12-2,9(15)16-3)4-5-14-7-8(11)6-13-14/h6-7,12H,4-5H2,1-3H3. The highest BCUT2D eigenvalue weighted by Gasteiger charge is 2.32. The fourth-order valence-electron chi connectivity index (χ4n) is 1.35. The first-order chi connectivity index (χ1) is 7.51. The van der Waals surface area contributed by atoms with Gasteiger partial charge in [0.2, 0.25) is 0 Å². The normalized spacial score (nSPS) is 14.5. The van der Waals surface area contributed by atoms with Crippen molar-refractivity contribution in [2.45, 2.75) is 25.4 Å². The van der Waals surface area contributed by atoms with Crippen LogP contribution in [0.1, 0.15) is 13.3 Å². The van der Waals surface area contributed by atoms with Crippen LogP contribution in [0.25, 0.3) is 0 Å². The Morgan fingerprint density at radius 1 is 1.75 bits per heavy atom. The van der Waals surface area contributed by atoms with Gasteiger partial charge >= 0.3 is 5.97 Å². The first kappa shape index (κ1) is 13.2. The number of aromatic nitrogens is 2. The number of nitrogens with zero attached hydrogens (tertiary/aromatic N) is 2. The van der Waals surface area contributed by atoms with Crippen LogP contribution in [0.5, 0.6) is 0 Å². The number of carbonyl (C=O) groups excluding carboxylic acids is 1. The van der Waals surface area contributed by atoms with Crippen LogP contribution in [0.3, 0.4) is 0 Å². The molecule has 0 radical (unpaired) electrons. The highest BCUT2D eigenvalue weighted by Crippen LogP contribution is 2.14. The monoisotopic (exact) mass is 289 g/mol. The van der Waals surface area contributed by atoms with Gasteiger partial charge in [0, 0.05) is 12.7 Å². The van der Waals surface area contributed by atoms with E-state index in [4.69, 9.17) is 4.74 Å². The number of carbonyl (C=O) groups is 1. The third-order valence-electron chi connectivity index (χ3n) is 2.63. The summed E-state index contributed by atoms with van der Waals surface area (Å²) in [6.45, 7) is 2.47. The lowest BCUT2D eigenvalue weighted by Crippen LogP contribution is -2.49. The van der Waals surface area contributed by atoms with E-state index in [0.717, 1.165) is 4.47 Å². The summed E-state index contributed by atoms with van der Waals surface area (Å²) < 4.78 is 7.47. The topological polar surface area (TPSA) is 56.2 Å².